The van der Waals surface area contributed by atoms with Crippen LogP contribution in [0.4, 0.5) is 0 Å². The minimum atomic E-state index is 0.0483. The fourth-order valence-electron chi connectivity index (χ4n) is 4.15. The summed E-state index contributed by atoms with van der Waals surface area (Å²) in [6, 6.07) is 8.23. The number of amides is 2. The standard InChI is InChI=1S/C23H33N3O2/c1-2-3-6-14-24-22(27)17-9-11-18(12-10-17)23(28)25-15-13-19-16-26-21-8-5-4-7-20(19)21/h4-5,7-8,16-18,26H,2-3,6,9-15H2,1H3,(H,24,27)(H,25,28). The molecule has 2 amide bonds. The summed E-state index contributed by atoms with van der Waals surface area (Å²) < 4.78 is 0. The van der Waals surface area contributed by atoms with Gasteiger partial charge in [-0.1, -0.05) is 38.0 Å². The van der Waals surface area contributed by atoms with Crippen molar-refractivity contribution in [2.24, 2.45) is 11.8 Å². The first kappa shape index (κ1) is 20.4. The highest BCUT2D eigenvalue weighted by Crippen LogP contribution is 2.29. The number of aromatic nitrogens is 1. The molecule has 1 saturated carbocycles. The number of carbonyl (C=O) groups is 2. The van der Waals surface area contributed by atoms with Crippen LogP contribution in [0.2, 0.25) is 0 Å². The van der Waals surface area contributed by atoms with E-state index in [4.69, 9.17) is 0 Å². The number of benzene rings is 1. The summed E-state index contributed by atoms with van der Waals surface area (Å²) in [4.78, 5) is 28.0. The van der Waals surface area contributed by atoms with Crippen LogP contribution in [0.3, 0.4) is 0 Å². The van der Waals surface area contributed by atoms with E-state index in [1.165, 1.54) is 10.9 Å². The van der Waals surface area contributed by atoms with Crippen molar-refractivity contribution in [1.29, 1.82) is 0 Å². The third-order valence-electron chi connectivity index (χ3n) is 5.92. The SMILES string of the molecule is CCCCCNC(=O)C1CCC(C(=O)NCCc2c[nH]c3ccccc23)CC1. The molecule has 0 aliphatic heterocycles. The van der Waals surface area contributed by atoms with Gasteiger partial charge in [-0.15, -0.1) is 0 Å². The van der Waals surface area contributed by atoms with Crippen molar-refractivity contribution in [3.63, 3.8) is 0 Å². The van der Waals surface area contributed by atoms with Crippen molar-refractivity contribution in [1.82, 2.24) is 15.6 Å². The zero-order valence-electron chi connectivity index (χ0n) is 16.9. The second kappa shape index (κ2) is 10.3. The molecular formula is C23H33N3O2. The maximum absolute atomic E-state index is 12.5. The van der Waals surface area contributed by atoms with E-state index in [0.717, 1.165) is 63.4 Å². The molecule has 0 unspecified atom stereocenters. The first-order valence-electron chi connectivity index (χ1n) is 10.8. The molecule has 5 nitrogen and oxygen atoms in total. The minimum Gasteiger partial charge on any atom is -0.361 e. The van der Waals surface area contributed by atoms with E-state index in [1.807, 2.05) is 18.3 Å². The van der Waals surface area contributed by atoms with E-state index in [1.54, 1.807) is 0 Å². The molecule has 1 aliphatic rings. The molecule has 0 saturated heterocycles. The summed E-state index contributed by atoms with van der Waals surface area (Å²) in [6.07, 6.45) is 9.49. The van der Waals surface area contributed by atoms with E-state index in [9.17, 15) is 9.59 Å². The number of hydrogen-bond donors (Lipinski definition) is 3. The molecule has 1 fully saturated rings. The fourth-order valence-corrected chi connectivity index (χ4v) is 4.15. The largest absolute Gasteiger partial charge is 0.361 e. The van der Waals surface area contributed by atoms with E-state index in [2.05, 4.69) is 34.7 Å². The van der Waals surface area contributed by atoms with Gasteiger partial charge in [0.1, 0.15) is 0 Å². The Morgan fingerprint density at radius 2 is 1.61 bits per heavy atom. The van der Waals surface area contributed by atoms with E-state index in [0.29, 0.717) is 6.54 Å². The monoisotopic (exact) mass is 383 g/mol. The van der Waals surface area contributed by atoms with E-state index >= 15 is 0 Å². The Hall–Kier alpha value is -2.30. The molecule has 3 rings (SSSR count). The summed E-state index contributed by atoms with van der Waals surface area (Å²) in [5.74, 6) is 0.444. The number of aromatic amines is 1. The number of unbranched alkanes of at least 4 members (excludes halogenated alkanes) is 2. The highest BCUT2D eigenvalue weighted by atomic mass is 16.2. The lowest BCUT2D eigenvalue weighted by molar-refractivity contribution is -0.130. The van der Waals surface area contributed by atoms with Crippen LogP contribution in [0.5, 0.6) is 0 Å². The average Bonchev–Trinajstić information content (AvgIpc) is 3.14. The maximum atomic E-state index is 12.5. The van der Waals surface area contributed by atoms with E-state index < -0.39 is 0 Å². The third kappa shape index (κ3) is 5.37. The van der Waals surface area contributed by atoms with Crippen LogP contribution in [0.25, 0.3) is 10.9 Å². The lowest BCUT2D eigenvalue weighted by atomic mass is 9.81. The van der Waals surface area contributed by atoms with Crippen LogP contribution in [0.1, 0.15) is 57.4 Å². The Morgan fingerprint density at radius 1 is 0.964 bits per heavy atom. The number of nitrogens with one attached hydrogen (secondary N) is 3. The number of carbonyl (C=O) groups excluding carboxylic acids is 2. The molecule has 0 bridgehead atoms. The van der Waals surface area contributed by atoms with Crippen molar-refractivity contribution in [2.75, 3.05) is 13.1 Å². The molecule has 1 aliphatic carbocycles. The van der Waals surface area contributed by atoms with Crippen molar-refractivity contribution < 1.29 is 9.59 Å². The van der Waals surface area contributed by atoms with Crippen LogP contribution in [0.15, 0.2) is 30.5 Å². The number of para-hydroxylation sites is 1. The Balaban J connectivity index is 1.36. The van der Waals surface area contributed by atoms with Crippen molar-refractivity contribution in [3.05, 3.63) is 36.0 Å². The second-order valence-corrected chi connectivity index (χ2v) is 7.95. The molecule has 1 aromatic carbocycles. The topological polar surface area (TPSA) is 74.0 Å². The molecule has 1 aromatic heterocycles. The van der Waals surface area contributed by atoms with Gasteiger partial charge < -0.3 is 15.6 Å². The van der Waals surface area contributed by atoms with Crippen molar-refractivity contribution >= 4 is 22.7 Å². The highest BCUT2D eigenvalue weighted by molar-refractivity contribution is 5.83. The first-order valence-corrected chi connectivity index (χ1v) is 10.8. The predicted molar refractivity (Wildman–Crippen MR) is 113 cm³/mol. The quantitative estimate of drug-likeness (QED) is 0.574. The van der Waals surface area contributed by atoms with Gasteiger partial charge in [0.15, 0.2) is 0 Å². The molecule has 28 heavy (non-hydrogen) atoms. The molecule has 0 radical (unpaired) electrons. The number of rotatable bonds is 9. The Morgan fingerprint density at radius 3 is 2.29 bits per heavy atom. The van der Waals surface area contributed by atoms with E-state index in [-0.39, 0.29) is 23.7 Å². The van der Waals surface area contributed by atoms with Crippen molar-refractivity contribution in [3.8, 4) is 0 Å². The molecule has 152 valence electrons. The normalized spacial score (nSPS) is 19.5. The zero-order valence-corrected chi connectivity index (χ0v) is 16.9. The molecule has 2 aromatic rings. The van der Waals surface area contributed by atoms with Crippen LogP contribution >= 0.6 is 0 Å². The lowest BCUT2D eigenvalue weighted by Crippen LogP contribution is -2.38. The Kier molecular flexibility index (Phi) is 7.52. The smallest absolute Gasteiger partial charge is 0.223 e. The third-order valence-corrected chi connectivity index (χ3v) is 5.92. The molecule has 0 atom stereocenters. The second-order valence-electron chi connectivity index (χ2n) is 7.95. The predicted octanol–water partition coefficient (Wildman–Crippen LogP) is 3.94. The molecule has 3 N–H and O–H groups in total. The van der Waals surface area contributed by atoms with Gasteiger partial charge in [-0.3, -0.25) is 9.59 Å². The van der Waals surface area contributed by atoms with Gasteiger partial charge in [0.25, 0.3) is 0 Å². The highest BCUT2D eigenvalue weighted by Gasteiger charge is 2.29. The van der Waals surface area contributed by atoms with Crippen LogP contribution in [-0.4, -0.2) is 29.9 Å². The minimum absolute atomic E-state index is 0.0483. The Labute approximate surface area is 167 Å². The zero-order chi connectivity index (χ0) is 19.8. The average molecular weight is 384 g/mol. The molecule has 0 spiro atoms. The molecule has 5 heteroatoms. The van der Waals surface area contributed by atoms with Crippen LogP contribution in [-0.2, 0) is 16.0 Å². The lowest BCUT2D eigenvalue weighted by Gasteiger charge is -2.27. The fraction of sp³-hybridized carbons (Fsp3) is 0.565. The Bertz CT molecular complexity index is 775. The van der Waals surface area contributed by atoms with Gasteiger partial charge in [-0.2, -0.15) is 0 Å². The van der Waals surface area contributed by atoms with Crippen molar-refractivity contribution in [2.45, 2.75) is 58.3 Å². The summed E-state index contributed by atoms with van der Waals surface area (Å²) in [5.41, 5.74) is 2.37. The molecular weight excluding hydrogens is 350 g/mol. The van der Waals surface area contributed by atoms with Crippen LogP contribution in [0, 0.1) is 11.8 Å². The van der Waals surface area contributed by atoms with Gasteiger partial charge >= 0.3 is 0 Å². The van der Waals surface area contributed by atoms with Gasteiger partial charge in [-0.25, -0.2) is 0 Å². The van der Waals surface area contributed by atoms with Gasteiger partial charge in [0.05, 0.1) is 0 Å². The number of fused-ring (bicyclic) bond motifs is 1. The van der Waals surface area contributed by atoms with Crippen LogP contribution < -0.4 is 10.6 Å². The number of H-pyrrole nitrogens is 1. The maximum Gasteiger partial charge on any atom is 0.223 e. The van der Waals surface area contributed by atoms with Gasteiger partial charge in [0, 0.05) is 42.0 Å². The summed E-state index contributed by atoms with van der Waals surface area (Å²) in [5, 5.41) is 7.37. The van der Waals surface area contributed by atoms with Gasteiger partial charge in [0.2, 0.25) is 11.8 Å². The summed E-state index contributed by atoms with van der Waals surface area (Å²) in [7, 11) is 0. The summed E-state index contributed by atoms with van der Waals surface area (Å²) >= 11 is 0. The number of hydrogen-bond acceptors (Lipinski definition) is 2. The van der Waals surface area contributed by atoms with Gasteiger partial charge in [-0.05, 0) is 50.2 Å². The summed E-state index contributed by atoms with van der Waals surface area (Å²) in [6.45, 7) is 3.59. The molecule has 1 heterocycles. The first-order chi connectivity index (χ1) is 13.7.